The van der Waals surface area contributed by atoms with Gasteiger partial charge >= 0.3 is 0 Å². The third kappa shape index (κ3) is 1.02. The molecule has 0 fully saturated rings. The maximum absolute atomic E-state index is 4.26. The molecule has 0 amide bonds. The molecule has 2 nitrogen and oxygen atoms in total. The Hall–Kier alpha value is -1.48. The number of hydrogen-bond acceptors (Lipinski definition) is 3. The maximum Gasteiger partial charge on any atom is 0.127 e. The summed E-state index contributed by atoms with van der Waals surface area (Å²) in [5.41, 5.74) is 1.29. The van der Waals surface area contributed by atoms with Crippen LogP contribution < -0.4 is 0 Å². The zero-order chi connectivity index (χ0) is 9.54. The first-order chi connectivity index (χ1) is 6.84. The van der Waals surface area contributed by atoms with Crippen LogP contribution in [-0.2, 0) is 0 Å². The Morgan fingerprint density at radius 1 is 1.21 bits per heavy atom. The van der Waals surface area contributed by atoms with Crippen LogP contribution in [-0.4, -0.2) is 9.97 Å². The van der Waals surface area contributed by atoms with Crippen LogP contribution in [0.15, 0.2) is 30.7 Å². The molecule has 0 radical (unpaired) electrons. The van der Waals surface area contributed by atoms with E-state index in [1.165, 1.54) is 15.6 Å². The van der Waals surface area contributed by atoms with Crippen molar-refractivity contribution < 1.29 is 0 Å². The Kier molecular flexibility index (Phi) is 1.55. The molecule has 0 saturated heterocycles. The van der Waals surface area contributed by atoms with E-state index >= 15 is 0 Å². The van der Waals surface area contributed by atoms with Crippen molar-refractivity contribution in [3.8, 4) is 0 Å². The van der Waals surface area contributed by atoms with Crippen molar-refractivity contribution in [2.24, 2.45) is 0 Å². The molecule has 0 aliphatic carbocycles. The summed E-state index contributed by atoms with van der Waals surface area (Å²) in [7, 11) is 0. The topological polar surface area (TPSA) is 25.8 Å². The molecular formula is C11H8N2S. The predicted molar refractivity (Wildman–Crippen MR) is 59.7 cm³/mol. The van der Waals surface area contributed by atoms with E-state index in [0.29, 0.717) is 0 Å². The smallest absolute Gasteiger partial charge is 0.127 e. The van der Waals surface area contributed by atoms with Gasteiger partial charge in [0.2, 0.25) is 0 Å². The molecule has 14 heavy (non-hydrogen) atoms. The number of aryl methyl sites for hydroxylation is 1. The highest BCUT2D eigenvalue weighted by molar-refractivity contribution is 7.25. The van der Waals surface area contributed by atoms with Gasteiger partial charge < -0.3 is 0 Å². The van der Waals surface area contributed by atoms with Gasteiger partial charge in [0.05, 0.1) is 0 Å². The van der Waals surface area contributed by atoms with Crippen molar-refractivity contribution in [3.05, 3.63) is 36.3 Å². The zero-order valence-corrected chi connectivity index (χ0v) is 8.51. The third-order valence-corrected chi connectivity index (χ3v) is 3.39. The second-order valence-corrected chi connectivity index (χ2v) is 4.37. The number of rotatable bonds is 0. The number of nitrogens with zero attached hydrogens (tertiary/aromatic N) is 2. The van der Waals surface area contributed by atoms with E-state index in [4.69, 9.17) is 0 Å². The minimum Gasteiger partial charge on any atom is -0.244 e. The summed E-state index contributed by atoms with van der Waals surface area (Å²) in [4.78, 5) is 9.38. The highest BCUT2D eigenvalue weighted by Crippen LogP contribution is 2.31. The first-order valence-electron chi connectivity index (χ1n) is 4.43. The SMILES string of the molecule is Cc1ccc2c(c1)sc1ncncc12. The lowest BCUT2D eigenvalue weighted by Gasteiger charge is -1.91. The molecule has 0 bridgehead atoms. The van der Waals surface area contributed by atoms with Gasteiger partial charge in [0, 0.05) is 21.7 Å². The fraction of sp³-hybridized carbons (Fsp3) is 0.0909. The molecule has 0 atom stereocenters. The van der Waals surface area contributed by atoms with Gasteiger partial charge in [-0.1, -0.05) is 12.1 Å². The number of fused-ring (bicyclic) bond motifs is 3. The van der Waals surface area contributed by atoms with Crippen LogP contribution in [0.4, 0.5) is 0 Å². The molecule has 0 spiro atoms. The maximum atomic E-state index is 4.26. The summed E-state index contributed by atoms with van der Waals surface area (Å²) in [6.07, 6.45) is 3.49. The van der Waals surface area contributed by atoms with Gasteiger partial charge in [0.15, 0.2) is 0 Å². The van der Waals surface area contributed by atoms with Gasteiger partial charge in [-0.15, -0.1) is 11.3 Å². The van der Waals surface area contributed by atoms with Crippen molar-refractivity contribution in [1.29, 1.82) is 0 Å². The van der Waals surface area contributed by atoms with E-state index in [-0.39, 0.29) is 0 Å². The highest BCUT2D eigenvalue weighted by atomic mass is 32.1. The van der Waals surface area contributed by atoms with Crippen LogP contribution in [0.3, 0.4) is 0 Å². The average molecular weight is 200 g/mol. The Morgan fingerprint density at radius 3 is 3.07 bits per heavy atom. The Bertz CT molecular complexity index is 613. The van der Waals surface area contributed by atoms with Gasteiger partial charge in [0.25, 0.3) is 0 Å². The van der Waals surface area contributed by atoms with Crippen molar-refractivity contribution >= 4 is 31.6 Å². The van der Waals surface area contributed by atoms with E-state index in [2.05, 4.69) is 35.1 Å². The summed E-state index contributed by atoms with van der Waals surface area (Å²) in [5.74, 6) is 0. The number of aromatic nitrogens is 2. The average Bonchev–Trinajstić information content (AvgIpc) is 2.54. The first-order valence-corrected chi connectivity index (χ1v) is 5.25. The number of benzene rings is 1. The van der Waals surface area contributed by atoms with Crippen LogP contribution in [0.2, 0.25) is 0 Å². The molecule has 0 unspecified atom stereocenters. The summed E-state index contributed by atoms with van der Waals surface area (Å²) < 4.78 is 1.29. The zero-order valence-electron chi connectivity index (χ0n) is 7.69. The van der Waals surface area contributed by atoms with Gasteiger partial charge in [-0.05, 0) is 18.6 Å². The Labute approximate surface area is 85.2 Å². The lowest BCUT2D eigenvalue weighted by molar-refractivity contribution is 1.24. The van der Waals surface area contributed by atoms with E-state index in [1.54, 1.807) is 17.7 Å². The number of hydrogen-bond donors (Lipinski definition) is 0. The molecule has 0 aliphatic rings. The molecule has 0 aliphatic heterocycles. The van der Waals surface area contributed by atoms with Crippen molar-refractivity contribution in [2.45, 2.75) is 6.92 Å². The van der Waals surface area contributed by atoms with Crippen LogP contribution in [0.5, 0.6) is 0 Å². The minimum absolute atomic E-state index is 1.07. The van der Waals surface area contributed by atoms with Crippen LogP contribution >= 0.6 is 11.3 Å². The van der Waals surface area contributed by atoms with E-state index in [0.717, 1.165) is 10.2 Å². The lowest BCUT2D eigenvalue weighted by atomic mass is 10.1. The third-order valence-electron chi connectivity index (χ3n) is 2.31. The first kappa shape index (κ1) is 7.88. The van der Waals surface area contributed by atoms with Crippen LogP contribution in [0.1, 0.15) is 5.56 Å². The molecule has 3 heteroatoms. The molecule has 2 aromatic heterocycles. The molecule has 2 heterocycles. The molecule has 3 rings (SSSR count). The molecule has 68 valence electrons. The Morgan fingerprint density at radius 2 is 2.14 bits per heavy atom. The fourth-order valence-electron chi connectivity index (χ4n) is 1.63. The van der Waals surface area contributed by atoms with Crippen molar-refractivity contribution in [1.82, 2.24) is 9.97 Å². The molecule has 1 aromatic carbocycles. The van der Waals surface area contributed by atoms with Crippen molar-refractivity contribution in [2.75, 3.05) is 0 Å². The minimum atomic E-state index is 1.07. The van der Waals surface area contributed by atoms with Gasteiger partial charge in [-0.25, -0.2) is 9.97 Å². The van der Waals surface area contributed by atoms with Gasteiger partial charge in [-0.2, -0.15) is 0 Å². The predicted octanol–water partition coefficient (Wildman–Crippen LogP) is 3.15. The second-order valence-electron chi connectivity index (χ2n) is 3.34. The quantitative estimate of drug-likeness (QED) is 0.557. The largest absolute Gasteiger partial charge is 0.244 e. The van der Waals surface area contributed by atoms with Crippen LogP contribution in [0, 0.1) is 6.92 Å². The summed E-state index contributed by atoms with van der Waals surface area (Å²) in [6.45, 7) is 2.11. The molecule has 0 saturated carbocycles. The standard InChI is InChI=1S/C11H8N2S/c1-7-2-3-8-9-5-12-6-13-11(9)14-10(8)4-7/h2-6H,1H3. The molecule has 3 aromatic rings. The molecular weight excluding hydrogens is 192 g/mol. The van der Waals surface area contributed by atoms with E-state index in [1.807, 2.05) is 6.20 Å². The molecule has 0 N–H and O–H groups in total. The van der Waals surface area contributed by atoms with Gasteiger partial charge in [-0.3, -0.25) is 0 Å². The summed E-state index contributed by atoms with van der Waals surface area (Å²) >= 11 is 1.72. The monoisotopic (exact) mass is 200 g/mol. The lowest BCUT2D eigenvalue weighted by Crippen LogP contribution is -1.74. The fourth-order valence-corrected chi connectivity index (χ4v) is 2.74. The highest BCUT2D eigenvalue weighted by Gasteiger charge is 2.04. The summed E-state index contributed by atoms with van der Waals surface area (Å²) in [6, 6.07) is 6.47. The second kappa shape index (κ2) is 2.75. The van der Waals surface area contributed by atoms with E-state index < -0.39 is 0 Å². The van der Waals surface area contributed by atoms with Gasteiger partial charge in [0.1, 0.15) is 11.2 Å². The van der Waals surface area contributed by atoms with Crippen molar-refractivity contribution in [3.63, 3.8) is 0 Å². The van der Waals surface area contributed by atoms with E-state index in [9.17, 15) is 0 Å². The van der Waals surface area contributed by atoms with Crippen LogP contribution in [0.25, 0.3) is 20.3 Å². The normalized spacial score (nSPS) is 11.2. The Balaban J connectivity index is 2.57. The summed E-state index contributed by atoms with van der Waals surface area (Å²) in [5, 5.41) is 2.42. The number of thiophene rings is 1.